The maximum atomic E-state index is 12.5. The maximum absolute atomic E-state index is 12.5. The van der Waals surface area contributed by atoms with Crippen LogP contribution in [0.3, 0.4) is 0 Å². The quantitative estimate of drug-likeness (QED) is 0.625. The van der Waals surface area contributed by atoms with Gasteiger partial charge in [0.1, 0.15) is 0 Å². The van der Waals surface area contributed by atoms with Gasteiger partial charge in [-0.1, -0.05) is 11.8 Å². The van der Waals surface area contributed by atoms with Crippen molar-refractivity contribution in [3.63, 3.8) is 0 Å². The molecule has 0 aliphatic carbocycles. The fourth-order valence-electron chi connectivity index (χ4n) is 2.62. The first kappa shape index (κ1) is 22.4. The third-order valence-electron chi connectivity index (χ3n) is 4.52. The number of imidazole rings is 1. The van der Waals surface area contributed by atoms with Gasteiger partial charge >= 0.3 is 0 Å². The monoisotopic (exact) mass is 426 g/mol. The topological polar surface area (TPSA) is 116 Å². The van der Waals surface area contributed by atoms with E-state index in [1.54, 1.807) is 14.0 Å². The Kier molecular flexibility index (Phi) is 7.27. The van der Waals surface area contributed by atoms with Crippen molar-refractivity contribution in [3.8, 4) is 0 Å². The Morgan fingerprint density at radius 1 is 1.29 bits per heavy atom. The number of amides is 1. The van der Waals surface area contributed by atoms with Crippen molar-refractivity contribution < 1.29 is 17.9 Å². The van der Waals surface area contributed by atoms with Gasteiger partial charge in [-0.3, -0.25) is 4.79 Å². The summed E-state index contributed by atoms with van der Waals surface area (Å²) >= 11 is 1.32. The van der Waals surface area contributed by atoms with Crippen LogP contribution in [-0.2, 0) is 26.1 Å². The molecule has 1 aromatic carbocycles. The van der Waals surface area contributed by atoms with Crippen LogP contribution in [0.2, 0.25) is 0 Å². The summed E-state index contributed by atoms with van der Waals surface area (Å²) in [6.07, 6.45) is 0. The first-order chi connectivity index (χ1) is 13.0. The van der Waals surface area contributed by atoms with E-state index in [0.717, 1.165) is 27.7 Å². The first-order valence-electron chi connectivity index (χ1n) is 8.64. The molecule has 2 rings (SSSR count). The molecule has 10 heteroatoms. The van der Waals surface area contributed by atoms with Crippen molar-refractivity contribution in [3.05, 3.63) is 34.6 Å². The number of carbonyl (C=O) groups excluding carboxylic acids is 1. The first-order valence-corrected chi connectivity index (χ1v) is 11.2. The average molecular weight is 427 g/mol. The number of nitrogens with two attached hydrogens (primary N) is 1. The number of hydrogen-bond acceptors (Lipinski definition) is 6. The minimum absolute atomic E-state index is 0.0279. The number of thioether (sulfide) groups is 1. The smallest absolute Gasteiger partial charge is 0.238 e. The second-order valence-corrected chi connectivity index (χ2v) is 9.01. The normalized spacial score (nSPS) is 11.6. The number of carbonyl (C=O) groups is 1. The molecule has 154 valence electrons. The van der Waals surface area contributed by atoms with Crippen LogP contribution in [-0.4, -0.2) is 43.3 Å². The van der Waals surface area contributed by atoms with E-state index in [4.69, 9.17) is 9.88 Å². The van der Waals surface area contributed by atoms with Crippen molar-refractivity contribution in [2.75, 3.05) is 24.8 Å². The lowest BCUT2D eigenvalue weighted by Crippen LogP contribution is -2.18. The Balaban J connectivity index is 2.14. The number of methoxy groups -OCH3 is 1. The van der Waals surface area contributed by atoms with Crippen LogP contribution in [0.15, 0.2) is 22.2 Å². The summed E-state index contributed by atoms with van der Waals surface area (Å²) in [5.41, 5.74) is 3.90. The van der Waals surface area contributed by atoms with Gasteiger partial charge in [0.2, 0.25) is 15.9 Å². The van der Waals surface area contributed by atoms with Crippen molar-refractivity contribution in [1.29, 1.82) is 0 Å². The molecular formula is C18H26N4O4S2. The Hall–Kier alpha value is -1.88. The van der Waals surface area contributed by atoms with Crippen LogP contribution < -0.4 is 10.5 Å². The van der Waals surface area contributed by atoms with E-state index in [1.165, 1.54) is 23.9 Å². The number of anilines is 1. The average Bonchev–Trinajstić information content (AvgIpc) is 2.88. The third kappa shape index (κ3) is 5.34. The highest BCUT2D eigenvalue weighted by atomic mass is 32.2. The predicted octanol–water partition coefficient (Wildman–Crippen LogP) is 2.14. The second kappa shape index (κ2) is 9.08. The Morgan fingerprint density at radius 3 is 2.57 bits per heavy atom. The van der Waals surface area contributed by atoms with Crippen LogP contribution in [0.1, 0.15) is 22.5 Å². The highest BCUT2D eigenvalue weighted by molar-refractivity contribution is 7.99. The lowest BCUT2D eigenvalue weighted by molar-refractivity contribution is -0.113. The Morgan fingerprint density at radius 2 is 1.96 bits per heavy atom. The molecule has 0 bridgehead atoms. The number of aryl methyl sites for hydroxylation is 2. The molecule has 0 saturated carbocycles. The Bertz CT molecular complexity index is 984. The van der Waals surface area contributed by atoms with Gasteiger partial charge in [0.15, 0.2) is 5.16 Å². The molecule has 0 spiro atoms. The van der Waals surface area contributed by atoms with Gasteiger partial charge in [-0.2, -0.15) is 0 Å². The lowest BCUT2D eigenvalue weighted by Gasteiger charge is -2.13. The molecule has 0 atom stereocenters. The van der Waals surface area contributed by atoms with E-state index in [0.29, 0.717) is 18.8 Å². The predicted molar refractivity (Wildman–Crippen MR) is 110 cm³/mol. The van der Waals surface area contributed by atoms with Gasteiger partial charge in [0.05, 0.1) is 22.9 Å². The number of ether oxygens (including phenoxy) is 1. The number of sulfonamides is 1. The van der Waals surface area contributed by atoms with Crippen molar-refractivity contribution in [2.45, 2.75) is 44.3 Å². The number of nitrogens with one attached hydrogen (secondary N) is 1. The van der Waals surface area contributed by atoms with E-state index >= 15 is 0 Å². The molecule has 8 nitrogen and oxygen atoms in total. The summed E-state index contributed by atoms with van der Waals surface area (Å²) in [6, 6.07) is 2.88. The second-order valence-electron chi connectivity index (χ2n) is 6.50. The highest BCUT2D eigenvalue weighted by Gasteiger charge is 2.16. The molecule has 0 aliphatic heterocycles. The van der Waals surface area contributed by atoms with Crippen LogP contribution >= 0.6 is 11.8 Å². The zero-order chi connectivity index (χ0) is 21.1. The fraction of sp³-hybridized carbons (Fsp3) is 0.444. The summed E-state index contributed by atoms with van der Waals surface area (Å²) < 4.78 is 30.4. The molecule has 0 radical (unpaired) electrons. The van der Waals surface area contributed by atoms with Gasteiger partial charge in [0, 0.05) is 25.0 Å². The number of hydrogen-bond donors (Lipinski definition) is 2. The number of aromatic nitrogens is 2. The summed E-state index contributed by atoms with van der Waals surface area (Å²) in [7, 11) is -2.22. The van der Waals surface area contributed by atoms with Crippen LogP contribution in [0.4, 0.5) is 5.69 Å². The van der Waals surface area contributed by atoms with Crippen LogP contribution in [0.25, 0.3) is 0 Å². The molecule has 0 unspecified atom stereocenters. The van der Waals surface area contributed by atoms with Gasteiger partial charge in [-0.05, 0) is 51.0 Å². The van der Waals surface area contributed by atoms with Crippen LogP contribution in [0.5, 0.6) is 0 Å². The number of primary sulfonamides is 1. The van der Waals surface area contributed by atoms with E-state index < -0.39 is 10.0 Å². The third-order valence-corrected chi connectivity index (χ3v) is 6.39. The van der Waals surface area contributed by atoms with E-state index in [1.807, 2.05) is 25.3 Å². The number of nitrogens with zero attached hydrogens (tertiary/aromatic N) is 2. The molecule has 0 fully saturated rings. The van der Waals surface area contributed by atoms with Gasteiger partial charge in [0.25, 0.3) is 0 Å². The summed E-state index contributed by atoms with van der Waals surface area (Å²) in [6.45, 7) is 8.69. The molecular weight excluding hydrogens is 400 g/mol. The molecule has 3 N–H and O–H groups in total. The maximum Gasteiger partial charge on any atom is 0.238 e. The van der Waals surface area contributed by atoms with Gasteiger partial charge in [-0.25, -0.2) is 18.5 Å². The summed E-state index contributed by atoms with van der Waals surface area (Å²) in [4.78, 5) is 16.9. The van der Waals surface area contributed by atoms with Gasteiger partial charge < -0.3 is 14.6 Å². The zero-order valence-corrected chi connectivity index (χ0v) is 18.3. The van der Waals surface area contributed by atoms with E-state index in [2.05, 4.69) is 10.3 Å². The number of benzene rings is 1. The Labute approximate surface area is 169 Å². The minimum Gasteiger partial charge on any atom is -0.383 e. The molecule has 1 amide bonds. The number of rotatable bonds is 8. The molecule has 28 heavy (non-hydrogen) atoms. The minimum atomic E-state index is -3.85. The van der Waals surface area contributed by atoms with Crippen LogP contribution in [0, 0.1) is 27.7 Å². The fourth-order valence-corrected chi connectivity index (χ4v) is 4.16. The summed E-state index contributed by atoms with van der Waals surface area (Å²) in [5.74, 6) is -0.114. The zero-order valence-electron chi connectivity index (χ0n) is 16.7. The standard InChI is InChI=1S/C18H26N4O4S2/c1-11-8-15(28(19,24)25)9-16(12(11)2)21-17(23)10-27-18-20-13(3)14(4)22(18)6-7-26-5/h8-9H,6-7,10H2,1-5H3,(H,21,23)(H2,19,24,25). The van der Waals surface area contributed by atoms with Crippen molar-refractivity contribution in [1.82, 2.24) is 9.55 Å². The summed E-state index contributed by atoms with van der Waals surface area (Å²) in [5, 5.41) is 8.74. The van der Waals surface area contributed by atoms with Crippen molar-refractivity contribution >= 4 is 33.4 Å². The highest BCUT2D eigenvalue weighted by Crippen LogP contribution is 2.25. The molecule has 0 saturated heterocycles. The van der Waals surface area contributed by atoms with Crippen molar-refractivity contribution in [2.24, 2.45) is 5.14 Å². The molecule has 2 aromatic rings. The largest absolute Gasteiger partial charge is 0.383 e. The van der Waals surface area contributed by atoms with E-state index in [9.17, 15) is 13.2 Å². The SMILES string of the molecule is COCCn1c(SCC(=O)Nc2cc(S(N)(=O)=O)cc(C)c2C)nc(C)c1C. The molecule has 1 heterocycles. The lowest BCUT2D eigenvalue weighted by atomic mass is 10.1. The molecule has 1 aromatic heterocycles. The van der Waals surface area contributed by atoms with E-state index in [-0.39, 0.29) is 16.6 Å². The van der Waals surface area contributed by atoms with Gasteiger partial charge in [-0.15, -0.1) is 0 Å². The molecule has 0 aliphatic rings.